The first kappa shape index (κ1) is 16.0. The molecule has 22 heavy (non-hydrogen) atoms. The lowest BCUT2D eigenvalue weighted by Crippen LogP contribution is -2.38. The molecule has 1 aromatic carbocycles. The van der Waals surface area contributed by atoms with Gasteiger partial charge >= 0.3 is 6.18 Å². The number of halogens is 3. The lowest BCUT2D eigenvalue weighted by molar-refractivity contribution is -0.141. The smallest absolute Gasteiger partial charge is 0.325 e. The van der Waals surface area contributed by atoms with Crippen LogP contribution in [0.15, 0.2) is 48.7 Å². The zero-order valence-corrected chi connectivity index (χ0v) is 12.0. The summed E-state index contributed by atoms with van der Waals surface area (Å²) in [6, 6.07) is 11.7. The quantitative estimate of drug-likeness (QED) is 0.864. The van der Waals surface area contributed by atoms with Gasteiger partial charge in [-0.2, -0.15) is 13.2 Å². The van der Waals surface area contributed by atoms with Gasteiger partial charge in [-0.25, -0.2) is 0 Å². The molecule has 2 rings (SSSR count). The number of nitrogens with zero attached hydrogens (tertiary/aromatic N) is 2. The molecule has 0 aliphatic carbocycles. The Balaban J connectivity index is 2.23. The Morgan fingerprint density at radius 3 is 2.36 bits per heavy atom. The molecule has 0 bridgehead atoms. The van der Waals surface area contributed by atoms with Crippen LogP contribution in [-0.4, -0.2) is 28.5 Å². The second-order valence-electron chi connectivity index (χ2n) is 4.95. The zero-order valence-electron chi connectivity index (χ0n) is 12.0. The third-order valence-electron chi connectivity index (χ3n) is 3.03. The second-order valence-corrected chi connectivity index (χ2v) is 4.95. The van der Waals surface area contributed by atoms with Crippen LogP contribution < -0.4 is 0 Å². The average molecular weight is 308 g/mol. The SMILES string of the molecule is Cc1ccc(C(=O)N(Cc2ccccc2)CC(F)(F)F)cn1. The molecule has 2 aromatic rings. The summed E-state index contributed by atoms with van der Waals surface area (Å²) < 4.78 is 38.2. The van der Waals surface area contributed by atoms with Gasteiger partial charge in [-0.05, 0) is 24.6 Å². The molecule has 0 fully saturated rings. The molecular formula is C16H15F3N2O. The van der Waals surface area contributed by atoms with Crippen LogP contribution in [-0.2, 0) is 6.54 Å². The van der Waals surface area contributed by atoms with E-state index in [-0.39, 0.29) is 12.1 Å². The molecule has 1 aromatic heterocycles. The van der Waals surface area contributed by atoms with Crippen molar-refractivity contribution in [2.24, 2.45) is 0 Å². The number of aryl methyl sites for hydroxylation is 1. The summed E-state index contributed by atoms with van der Waals surface area (Å²) >= 11 is 0. The molecule has 0 spiro atoms. The topological polar surface area (TPSA) is 33.2 Å². The molecule has 0 radical (unpaired) electrons. The Morgan fingerprint density at radius 2 is 1.82 bits per heavy atom. The fraction of sp³-hybridized carbons (Fsp3) is 0.250. The van der Waals surface area contributed by atoms with Crippen molar-refractivity contribution in [3.05, 3.63) is 65.5 Å². The monoisotopic (exact) mass is 308 g/mol. The van der Waals surface area contributed by atoms with Crippen molar-refractivity contribution in [2.45, 2.75) is 19.6 Å². The molecule has 0 aliphatic heterocycles. The Labute approximate surface area is 126 Å². The summed E-state index contributed by atoms with van der Waals surface area (Å²) in [6.45, 7) is 0.341. The molecule has 3 nitrogen and oxygen atoms in total. The maximum atomic E-state index is 12.7. The molecular weight excluding hydrogens is 293 g/mol. The van der Waals surface area contributed by atoms with E-state index in [2.05, 4.69) is 4.98 Å². The molecule has 116 valence electrons. The van der Waals surface area contributed by atoms with Crippen molar-refractivity contribution in [2.75, 3.05) is 6.54 Å². The first-order valence-corrected chi connectivity index (χ1v) is 6.68. The fourth-order valence-electron chi connectivity index (χ4n) is 2.00. The van der Waals surface area contributed by atoms with Crippen LogP contribution in [0.2, 0.25) is 0 Å². The fourth-order valence-corrected chi connectivity index (χ4v) is 2.00. The average Bonchev–Trinajstić information content (AvgIpc) is 2.46. The van der Waals surface area contributed by atoms with E-state index in [1.807, 2.05) is 0 Å². The zero-order chi connectivity index (χ0) is 16.2. The van der Waals surface area contributed by atoms with Crippen molar-refractivity contribution in [1.82, 2.24) is 9.88 Å². The number of carbonyl (C=O) groups excluding carboxylic acids is 1. The number of aromatic nitrogens is 1. The molecule has 0 aliphatic rings. The highest BCUT2D eigenvalue weighted by atomic mass is 19.4. The summed E-state index contributed by atoms with van der Waals surface area (Å²) in [5.41, 5.74) is 1.48. The first-order valence-electron chi connectivity index (χ1n) is 6.68. The third-order valence-corrected chi connectivity index (χ3v) is 3.03. The Bertz CT molecular complexity index is 624. The predicted octanol–water partition coefficient (Wildman–Crippen LogP) is 3.59. The maximum Gasteiger partial charge on any atom is 0.406 e. The minimum atomic E-state index is -4.46. The third kappa shape index (κ3) is 4.58. The van der Waals surface area contributed by atoms with Gasteiger partial charge in [0.1, 0.15) is 6.54 Å². The summed E-state index contributed by atoms with van der Waals surface area (Å²) in [5, 5.41) is 0. The van der Waals surface area contributed by atoms with E-state index < -0.39 is 18.6 Å². The van der Waals surface area contributed by atoms with Crippen molar-refractivity contribution in [1.29, 1.82) is 0 Å². The summed E-state index contributed by atoms with van der Waals surface area (Å²) in [4.78, 5) is 17.1. The van der Waals surface area contributed by atoms with Gasteiger partial charge in [-0.15, -0.1) is 0 Å². The summed E-state index contributed by atoms with van der Waals surface area (Å²) in [6.07, 6.45) is -3.16. The van der Waals surface area contributed by atoms with Gasteiger partial charge < -0.3 is 4.90 Å². The summed E-state index contributed by atoms with van der Waals surface area (Å²) in [7, 11) is 0. The van der Waals surface area contributed by atoms with Crippen LogP contribution in [0, 0.1) is 6.92 Å². The van der Waals surface area contributed by atoms with Crippen molar-refractivity contribution < 1.29 is 18.0 Å². The molecule has 0 saturated heterocycles. The first-order chi connectivity index (χ1) is 10.3. The molecule has 1 heterocycles. The Hall–Kier alpha value is -2.37. The predicted molar refractivity (Wildman–Crippen MR) is 76.2 cm³/mol. The van der Waals surface area contributed by atoms with Gasteiger partial charge in [-0.3, -0.25) is 9.78 Å². The van der Waals surface area contributed by atoms with Crippen LogP contribution >= 0.6 is 0 Å². The number of carbonyl (C=O) groups is 1. The van der Waals surface area contributed by atoms with E-state index in [0.717, 1.165) is 4.90 Å². The lowest BCUT2D eigenvalue weighted by Gasteiger charge is -2.24. The lowest BCUT2D eigenvalue weighted by atomic mass is 10.2. The van der Waals surface area contributed by atoms with Gasteiger partial charge in [0.05, 0.1) is 5.56 Å². The van der Waals surface area contributed by atoms with E-state index in [4.69, 9.17) is 0 Å². The van der Waals surface area contributed by atoms with Crippen molar-refractivity contribution in [3.63, 3.8) is 0 Å². The number of pyridine rings is 1. The molecule has 0 N–H and O–H groups in total. The number of rotatable bonds is 4. The highest BCUT2D eigenvalue weighted by Gasteiger charge is 2.33. The van der Waals surface area contributed by atoms with Gasteiger partial charge in [0.15, 0.2) is 0 Å². The molecule has 6 heteroatoms. The van der Waals surface area contributed by atoms with E-state index in [0.29, 0.717) is 11.3 Å². The van der Waals surface area contributed by atoms with Crippen LogP contribution in [0.4, 0.5) is 13.2 Å². The molecule has 0 unspecified atom stereocenters. The minimum Gasteiger partial charge on any atom is -0.325 e. The van der Waals surface area contributed by atoms with Crippen LogP contribution in [0.5, 0.6) is 0 Å². The molecule has 1 amide bonds. The van der Waals surface area contributed by atoms with Crippen LogP contribution in [0.3, 0.4) is 0 Å². The van der Waals surface area contributed by atoms with Crippen molar-refractivity contribution in [3.8, 4) is 0 Å². The van der Waals surface area contributed by atoms with Crippen molar-refractivity contribution >= 4 is 5.91 Å². The van der Waals surface area contributed by atoms with E-state index in [9.17, 15) is 18.0 Å². The van der Waals surface area contributed by atoms with Gasteiger partial charge in [0.25, 0.3) is 5.91 Å². The summed E-state index contributed by atoms with van der Waals surface area (Å²) in [5.74, 6) is -0.686. The van der Waals surface area contributed by atoms with E-state index in [1.165, 1.54) is 12.3 Å². The number of hydrogen-bond donors (Lipinski definition) is 0. The Morgan fingerprint density at radius 1 is 1.14 bits per heavy atom. The van der Waals surface area contributed by atoms with E-state index >= 15 is 0 Å². The van der Waals surface area contributed by atoms with Crippen LogP contribution in [0.1, 0.15) is 21.6 Å². The number of alkyl halides is 3. The molecule has 0 saturated carbocycles. The maximum absolute atomic E-state index is 12.7. The largest absolute Gasteiger partial charge is 0.406 e. The highest BCUT2D eigenvalue weighted by molar-refractivity contribution is 5.93. The Kier molecular flexibility index (Phi) is 4.80. The number of amides is 1. The number of benzene rings is 1. The van der Waals surface area contributed by atoms with Crippen LogP contribution in [0.25, 0.3) is 0 Å². The van der Waals surface area contributed by atoms with Gasteiger partial charge in [0.2, 0.25) is 0 Å². The molecule has 0 atom stereocenters. The highest BCUT2D eigenvalue weighted by Crippen LogP contribution is 2.20. The van der Waals surface area contributed by atoms with E-state index in [1.54, 1.807) is 43.3 Å². The second kappa shape index (κ2) is 6.60. The van der Waals surface area contributed by atoms with Gasteiger partial charge in [0, 0.05) is 18.4 Å². The standard InChI is InChI=1S/C16H15F3N2O/c1-12-7-8-14(9-20-12)15(22)21(11-16(17,18)19)10-13-5-3-2-4-6-13/h2-9H,10-11H2,1H3. The number of hydrogen-bond acceptors (Lipinski definition) is 2. The minimum absolute atomic E-state index is 0.104. The van der Waals surface area contributed by atoms with Gasteiger partial charge in [-0.1, -0.05) is 30.3 Å². The normalized spacial score (nSPS) is 11.3.